The smallest absolute Gasteiger partial charge is 0.259 e. The quantitative estimate of drug-likeness (QED) is 0.566. The summed E-state index contributed by atoms with van der Waals surface area (Å²) in [6, 6.07) is 0. The number of hydrogen-bond acceptors (Lipinski definition) is 3. The topological polar surface area (TPSA) is 98.6 Å². The maximum atomic E-state index is 10.2. The van der Waals surface area contributed by atoms with Crippen molar-refractivity contribution in [2.24, 2.45) is 0 Å². The Hall–Kier alpha value is -0.630. The van der Waals surface area contributed by atoms with Gasteiger partial charge in [0.2, 0.25) is 0 Å². The van der Waals surface area contributed by atoms with Crippen molar-refractivity contribution in [2.75, 3.05) is 0 Å². The molecule has 0 bridgehead atoms. The second-order valence-electron chi connectivity index (χ2n) is 1.36. The Labute approximate surface area is 80.6 Å². The number of aromatic nitrogens is 3. The van der Waals surface area contributed by atoms with Crippen molar-refractivity contribution in [3.05, 3.63) is 31.5 Å². The minimum absolute atomic E-state index is 0. The Balaban J connectivity index is 0. The van der Waals surface area contributed by atoms with Gasteiger partial charge in [0.05, 0.1) is 0 Å². The van der Waals surface area contributed by atoms with Crippen molar-refractivity contribution in [1.82, 2.24) is 15.0 Å². The molecule has 1 aromatic rings. The third-order valence-corrected chi connectivity index (χ3v) is 0.681. The zero-order valence-corrected chi connectivity index (χ0v) is 8.47. The van der Waals surface area contributed by atoms with Crippen LogP contribution in [0.5, 0.6) is 0 Å². The van der Waals surface area contributed by atoms with Gasteiger partial charge in [-0.25, -0.2) is 14.4 Å². The van der Waals surface area contributed by atoms with Gasteiger partial charge in [-0.3, -0.25) is 15.0 Å². The SMILES string of the molecule is Br.Br.O=c1[nH]c(=O)[nH]c(=O)[nH]1. The second kappa shape index (κ2) is 5.08. The van der Waals surface area contributed by atoms with E-state index in [-0.39, 0.29) is 34.0 Å². The Morgan fingerprint density at radius 2 is 0.818 bits per heavy atom. The van der Waals surface area contributed by atoms with Gasteiger partial charge in [0.15, 0.2) is 0 Å². The Morgan fingerprint density at radius 3 is 1.00 bits per heavy atom. The lowest BCUT2D eigenvalue weighted by atomic mass is 11.0. The Bertz CT molecular complexity index is 284. The van der Waals surface area contributed by atoms with Crippen LogP contribution in [0.25, 0.3) is 0 Å². The monoisotopic (exact) mass is 289 g/mol. The lowest BCUT2D eigenvalue weighted by Crippen LogP contribution is -2.34. The molecule has 0 radical (unpaired) electrons. The highest BCUT2D eigenvalue weighted by molar-refractivity contribution is 8.93. The average molecular weight is 291 g/mol. The number of halogens is 2. The van der Waals surface area contributed by atoms with Crippen LogP contribution >= 0.6 is 34.0 Å². The fourth-order valence-electron chi connectivity index (χ4n) is 0.403. The third kappa shape index (κ3) is 3.94. The largest absolute Gasteiger partial charge is 0.330 e. The molecule has 8 heteroatoms. The third-order valence-electron chi connectivity index (χ3n) is 0.681. The van der Waals surface area contributed by atoms with Gasteiger partial charge in [-0.05, 0) is 0 Å². The molecule has 0 unspecified atom stereocenters. The minimum Gasteiger partial charge on any atom is -0.259 e. The van der Waals surface area contributed by atoms with Crippen molar-refractivity contribution in [2.45, 2.75) is 0 Å². The molecule has 0 spiro atoms. The van der Waals surface area contributed by atoms with Gasteiger partial charge in [-0.15, -0.1) is 34.0 Å². The summed E-state index contributed by atoms with van der Waals surface area (Å²) < 4.78 is 0. The van der Waals surface area contributed by atoms with Crippen LogP contribution in [0.1, 0.15) is 0 Å². The van der Waals surface area contributed by atoms with Crippen molar-refractivity contribution in [1.29, 1.82) is 0 Å². The molecule has 0 aliphatic carbocycles. The molecule has 1 rings (SSSR count). The molecule has 6 nitrogen and oxygen atoms in total. The first-order valence-electron chi connectivity index (χ1n) is 2.11. The molecule has 0 fully saturated rings. The summed E-state index contributed by atoms with van der Waals surface area (Å²) in [5, 5.41) is 0. The fourth-order valence-corrected chi connectivity index (χ4v) is 0.403. The molecule has 0 atom stereocenters. The zero-order chi connectivity index (χ0) is 6.85. The number of H-pyrrole nitrogens is 3. The molecule has 0 saturated heterocycles. The van der Waals surface area contributed by atoms with E-state index in [4.69, 9.17) is 0 Å². The molecular formula is C3H5Br2N3O3. The van der Waals surface area contributed by atoms with Crippen LogP contribution in [-0.4, -0.2) is 15.0 Å². The van der Waals surface area contributed by atoms with Crippen LogP contribution in [0.2, 0.25) is 0 Å². The van der Waals surface area contributed by atoms with E-state index in [0.717, 1.165) is 0 Å². The molecule has 1 aromatic heterocycles. The lowest BCUT2D eigenvalue weighted by Gasteiger charge is -1.77. The molecule has 11 heavy (non-hydrogen) atoms. The highest BCUT2D eigenvalue weighted by Gasteiger charge is 1.84. The average Bonchev–Trinajstić information content (AvgIpc) is 1.59. The molecule has 1 heterocycles. The van der Waals surface area contributed by atoms with Gasteiger partial charge < -0.3 is 0 Å². The van der Waals surface area contributed by atoms with Gasteiger partial charge in [0, 0.05) is 0 Å². The molecule has 0 aliphatic rings. The first kappa shape index (κ1) is 13.0. The number of hydrogen-bond donors (Lipinski definition) is 3. The van der Waals surface area contributed by atoms with Crippen molar-refractivity contribution >= 4 is 34.0 Å². The predicted molar refractivity (Wildman–Crippen MR) is 48.9 cm³/mol. The zero-order valence-electron chi connectivity index (χ0n) is 5.04. The molecule has 3 N–H and O–H groups in total. The van der Waals surface area contributed by atoms with E-state index in [1.807, 2.05) is 0 Å². The first-order chi connectivity index (χ1) is 4.18. The van der Waals surface area contributed by atoms with Crippen LogP contribution in [0.4, 0.5) is 0 Å². The number of rotatable bonds is 0. The van der Waals surface area contributed by atoms with Crippen LogP contribution in [0.15, 0.2) is 14.4 Å². The van der Waals surface area contributed by atoms with E-state index in [1.54, 1.807) is 15.0 Å². The summed E-state index contributed by atoms with van der Waals surface area (Å²) in [4.78, 5) is 35.9. The Kier molecular flexibility index (Phi) is 6.00. The van der Waals surface area contributed by atoms with Gasteiger partial charge in [0.1, 0.15) is 0 Å². The molecule has 0 saturated carbocycles. The van der Waals surface area contributed by atoms with E-state index >= 15 is 0 Å². The highest BCUT2D eigenvalue weighted by atomic mass is 79.9. The molecule has 0 aliphatic heterocycles. The first-order valence-corrected chi connectivity index (χ1v) is 2.11. The van der Waals surface area contributed by atoms with Gasteiger partial charge in [-0.2, -0.15) is 0 Å². The highest BCUT2D eigenvalue weighted by Crippen LogP contribution is 1.29. The summed E-state index contributed by atoms with van der Waals surface area (Å²) >= 11 is 0. The van der Waals surface area contributed by atoms with E-state index < -0.39 is 17.1 Å². The van der Waals surface area contributed by atoms with E-state index in [9.17, 15) is 14.4 Å². The molecule has 0 amide bonds. The summed E-state index contributed by atoms with van der Waals surface area (Å²) in [5.41, 5.74) is -2.41. The minimum atomic E-state index is -0.802. The second-order valence-corrected chi connectivity index (χ2v) is 1.36. The van der Waals surface area contributed by atoms with Gasteiger partial charge in [-0.1, -0.05) is 0 Å². The van der Waals surface area contributed by atoms with Crippen molar-refractivity contribution < 1.29 is 0 Å². The molecule has 64 valence electrons. The maximum absolute atomic E-state index is 10.2. The van der Waals surface area contributed by atoms with Crippen LogP contribution in [0.3, 0.4) is 0 Å². The Morgan fingerprint density at radius 1 is 0.636 bits per heavy atom. The van der Waals surface area contributed by atoms with Crippen LogP contribution < -0.4 is 17.1 Å². The normalized spacial score (nSPS) is 7.64. The number of nitrogens with one attached hydrogen (secondary N) is 3. The number of aromatic amines is 3. The van der Waals surface area contributed by atoms with E-state index in [1.165, 1.54) is 0 Å². The van der Waals surface area contributed by atoms with Crippen LogP contribution in [-0.2, 0) is 0 Å². The molecule has 0 aromatic carbocycles. The van der Waals surface area contributed by atoms with Crippen molar-refractivity contribution in [3.63, 3.8) is 0 Å². The standard InChI is InChI=1S/C3H3N3O3.2BrH/c7-1-4-2(8)6-3(9)5-1;;/h(H3,4,5,6,7,8,9);2*1H. The lowest BCUT2D eigenvalue weighted by molar-refractivity contribution is 0.888. The fraction of sp³-hybridized carbons (Fsp3) is 0. The predicted octanol–water partition coefficient (Wildman–Crippen LogP) is -1.09. The van der Waals surface area contributed by atoms with Gasteiger partial charge in [0.25, 0.3) is 0 Å². The summed E-state index contributed by atoms with van der Waals surface area (Å²) in [6.07, 6.45) is 0. The van der Waals surface area contributed by atoms with E-state index in [2.05, 4.69) is 0 Å². The summed E-state index contributed by atoms with van der Waals surface area (Å²) in [6.45, 7) is 0. The van der Waals surface area contributed by atoms with E-state index in [0.29, 0.717) is 0 Å². The summed E-state index contributed by atoms with van der Waals surface area (Å²) in [5.74, 6) is 0. The van der Waals surface area contributed by atoms with Crippen molar-refractivity contribution in [3.8, 4) is 0 Å². The summed E-state index contributed by atoms with van der Waals surface area (Å²) in [7, 11) is 0. The van der Waals surface area contributed by atoms with Gasteiger partial charge >= 0.3 is 17.1 Å². The maximum Gasteiger partial charge on any atom is 0.330 e. The van der Waals surface area contributed by atoms with Crippen LogP contribution in [0, 0.1) is 0 Å². The molecular weight excluding hydrogens is 286 g/mol.